The zero-order valence-corrected chi connectivity index (χ0v) is 47.5. The summed E-state index contributed by atoms with van der Waals surface area (Å²) in [4.78, 5) is 73.7. The van der Waals surface area contributed by atoms with Crippen LogP contribution in [0.2, 0.25) is 0 Å². The Morgan fingerprint density at radius 2 is 1.24 bits per heavy atom. The third kappa shape index (κ3) is 22.0. The van der Waals surface area contributed by atoms with Gasteiger partial charge in [-0.15, -0.1) is 22.6 Å². The molecule has 7 rings (SSSR count). The molecule has 0 unspecified atom stereocenters. The van der Waals surface area contributed by atoms with Crippen LogP contribution in [0.25, 0.3) is 33.7 Å². The molecule has 26 heteroatoms. The molecule has 2 aromatic heterocycles. The summed E-state index contributed by atoms with van der Waals surface area (Å²) in [5.41, 5.74) is 9.12. The Morgan fingerprint density at radius 1 is 0.692 bits per heavy atom. The minimum absolute atomic E-state index is 0. The van der Waals surface area contributed by atoms with Crippen LogP contribution in [0.15, 0.2) is 133 Å². The number of aliphatic hydroxyl groups excluding tert-OH is 2. The van der Waals surface area contributed by atoms with Gasteiger partial charge in [0.25, 0.3) is 11.8 Å². The SMILES string of the molecule is CC(C)(C)OC(=O)N[C@@H](Cc1cccc(Br)c1)C(=O)O.CCOc1cc(-c2cccc(O[C@H](O)C(=O)O)c2)ccc1-c1nc2n[nH]nc2c(=O)[nH]1.Cl.N[C@@H](Cc1cccc(Br)c1)C(=O)O.O=C(O)[C@@H](O)Cc1cccc(Br)c1. The lowest BCUT2D eigenvalue weighted by Gasteiger charge is -2.22. The highest BCUT2D eigenvalue weighted by molar-refractivity contribution is 9.11. The number of fused-ring (bicyclic) bond motifs is 1. The Bertz CT molecular complexity index is 3150. The highest BCUT2D eigenvalue weighted by Crippen LogP contribution is 2.34. The van der Waals surface area contributed by atoms with Crippen molar-refractivity contribution in [3.63, 3.8) is 0 Å². The number of benzene rings is 5. The van der Waals surface area contributed by atoms with E-state index in [0.717, 1.165) is 35.7 Å². The predicted octanol–water partition coefficient (Wildman–Crippen LogP) is 7.79. The minimum atomic E-state index is -1.97. The number of nitrogens with one attached hydrogen (secondary N) is 3. The van der Waals surface area contributed by atoms with Crippen LogP contribution in [-0.2, 0) is 43.2 Å². The predicted molar refractivity (Wildman–Crippen MR) is 299 cm³/mol. The van der Waals surface area contributed by atoms with Crippen molar-refractivity contribution in [3.8, 4) is 34.0 Å². The lowest BCUT2D eigenvalue weighted by atomic mass is 10.0. The number of alkyl carbamates (subject to hydrolysis) is 1. The number of carboxylic acid groups (broad SMARTS) is 4. The average molecular weight is 1290 g/mol. The van der Waals surface area contributed by atoms with Crippen LogP contribution in [0.5, 0.6) is 11.5 Å². The van der Waals surface area contributed by atoms with E-state index in [1.807, 2.05) is 55.5 Å². The van der Waals surface area contributed by atoms with Gasteiger partial charge in [0.2, 0.25) is 5.65 Å². The molecule has 7 aromatic rings. The van der Waals surface area contributed by atoms with Crippen molar-refractivity contribution in [2.45, 2.75) is 77.0 Å². The van der Waals surface area contributed by atoms with Crippen LogP contribution in [0.4, 0.5) is 4.79 Å². The topological polar surface area (TPSA) is 360 Å². The van der Waals surface area contributed by atoms with Crippen LogP contribution in [0.1, 0.15) is 44.4 Å². The van der Waals surface area contributed by atoms with E-state index < -0.39 is 65.6 Å². The van der Waals surface area contributed by atoms with E-state index in [2.05, 4.69) is 78.5 Å². The molecule has 4 atom stereocenters. The molecule has 0 saturated carbocycles. The number of nitrogens with zero attached hydrogens (tertiary/aromatic N) is 3. The number of nitrogens with two attached hydrogens (primary N) is 1. The van der Waals surface area contributed by atoms with Gasteiger partial charge in [-0.2, -0.15) is 5.21 Å². The molecule has 2 heterocycles. The summed E-state index contributed by atoms with van der Waals surface area (Å²) in [6.07, 6.45) is -3.35. The standard InChI is InChI=1S/C20H17N5O6.C14H18BrNO4.C9H10BrNO2.C9H9BrO3.ClH/c1-2-30-14-9-11(10-4-3-5-12(8-10)31-20(29)19(27)28)6-7-13(14)16-21-17-15(18(26)22-16)23-25-24-17;1-14(2,3)20-13(19)16-11(12(17)18)8-9-5-4-6-10(15)7-9;2*10-7-3-1-2-6(4-7)5-8(11)9(12)13;/h3-9,20,29H,2H2,1H3,(H,27,28)(H2,21,22,23,24,25,26);4-7,11H,8H2,1-3H3,(H,16,19)(H,17,18);1-4,8H,5,11H2,(H,12,13);1-4,8,11H,5H2,(H,12,13);1H/t20-;11-;2*8-;/m0000./s1. The fourth-order valence-corrected chi connectivity index (χ4v) is 7.85. The Balaban J connectivity index is 0.000000294. The molecule has 0 aliphatic carbocycles. The van der Waals surface area contributed by atoms with E-state index in [1.54, 1.807) is 81.4 Å². The molecule has 0 radical (unpaired) electrons. The first-order valence-electron chi connectivity index (χ1n) is 22.9. The summed E-state index contributed by atoms with van der Waals surface area (Å²) in [7, 11) is 0. The molecule has 0 spiro atoms. The molecule has 11 N–H and O–H groups in total. The van der Waals surface area contributed by atoms with E-state index >= 15 is 0 Å². The highest BCUT2D eigenvalue weighted by atomic mass is 79.9. The minimum Gasteiger partial charge on any atom is -0.493 e. The van der Waals surface area contributed by atoms with Crippen molar-refractivity contribution in [3.05, 3.63) is 156 Å². The third-order valence-electron chi connectivity index (χ3n) is 9.94. The largest absolute Gasteiger partial charge is 0.493 e. The number of hydrogen-bond acceptors (Lipinski definition) is 15. The van der Waals surface area contributed by atoms with Crippen molar-refractivity contribution >= 4 is 101 Å². The van der Waals surface area contributed by atoms with Gasteiger partial charge in [-0.1, -0.05) is 102 Å². The number of H-pyrrole nitrogens is 2. The monoisotopic (exact) mass is 1290 g/mol. The second-order valence-corrected chi connectivity index (χ2v) is 20.0. The smallest absolute Gasteiger partial charge is 0.408 e. The van der Waals surface area contributed by atoms with Crippen LogP contribution in [0.3, 0.4) is 0 Å². The van der Waals surface area contributed by atoms with Gasteiger partial charge in [0.15, 0.2) is 11.6 Å². The molecule has 78 heavy (non-hydrogen) atoms. The number of aliphatic hydroxyl groups is 2. The Morgan fingerprint density at radius 3 is 1.76 bits per heavy atom. The van der Waals surface area contributed by atoms with Gasteiger partial charge in [0, 0.05) is 26.3 Å². The molecular weight excluding hydrogens is 1240 g/mol. The summed E-state index contributed by atoms with van der Waals surface area (Å²) in [5, 5.41) is 65.8. The molecule has 0 bridgehead atoms. The third-order valence-corrected chi connectivity index (χ3v) is 11.4. The first kappa shape index (κ1) is 65.0. The number of carbonyl (C=O) groups is 5. The number of rotatable bonds is 17. The highest BCUT2D eigenvalue weighted by Gasteiger charge is 2.25. The molecule has 0 aliphatic rings. The number of aromatic nitrogens is 5. The lowest BCUT2D eigenvalue weighted by molar-refractivity contribution is -0.162. The number of aromatic amines is 2. The molecule has 0 saturated heterocycles. The van der Waals surface area contributed by atoms with Crippen LogP contribution in [-0.4, -0.2) is 123 Å². The average Bonchev–Trinajstić information content (AvgIpc) is 3.84. The molecule has 416 valence electrons. The van der Waals surface area contributed by atoms with Crippen molar-refractivity contribution in [1.29, 1.82) is 0 Å². The summed E-state index contributed by atoms with van der Waals surface area (Å²) >= 11 is 9.88. The van der Waals surface area contributed by atoms with E-state index in [4.69, 9.17) is 45.5 Å². The number of aliphatic carboxylic acids is 4. The van der Waals surface area contributed by atoms with Crippen molar-refractivity contribution in [2.75, 3.05) is 6.61 Å². The van der Waals surface area contributed by atoms with Crippen molar-refractivity contribution < 1.29 is 68.8 Å². The number of ether oxygens (including phenoxy) is 3. The quantitative estimate of drug-likeness (QED) is 0.0389. The lowest BCUT2D eigenvalue weighted by Crippen LogP contribution is -2.44. The summed E-state index contributed by atoms with van der Waals surface area (Å²) in [6, 6.07) is 32.0. The fraction of sp³-hybridized carbons (Fsp3) is 0.250. The first-order valence-corrected chi connectivity index (χ1v) is 25.3. The van der Waals surface area contributed by atoms with Gasteiger partial charge in [-0.3, -0.25) is 9.59 Å². The number of carboxylic acids is 4. The fourth-order valence-electron chi connectivity index (χ4n) is 6.51. The number of carbonyl (C=O) groups excluding carboxylic acids is 1. The van der Waals surface area contributed by atoms with E-state index in [0.29, 0.717) is 29.9 Å². The van der Waals surface area contributed by atoms with Gasteiger partial charge in [-0.05, 0) is 123 Å². The van der Waals surface area contributed by atoms with Crippen LogP contribution in [0, 0.1) is 0 Å². The van der Waals surface area contributed by atoms with Gasteiger partial charge < -0.3 is 60.9 Å². The Hall–Kier alpha value is -7.26. The summed E-state index contributed by atoms with van der Waals surface area (Å²) in [5.74, 6) is -3.81. The van der Waals surface area contributed by atoms with Crippen molar-refractivity contribution in [2.24, 2.45) is 5.73 Å². The molecule has 5 aromatic carbocycles. The number of hydrogen-bond donors (Lipinski definition) is 10. The zero-order valence-electron chi connectivity index (χ0n) is 41.9. The molecule has 22 nitrogen and oxygen atoms in total. The molecular formula is C52H55Br3ClN7O15. The number of amides is 1. The molecule has 0 fully saturated rings. The van der Waals surface area contributed by atoms with Crippen LogP contribution < -0.4 is 26.1 Å². The van der Waals surface area contributed by atoms with Crippen LogP contribution >= 0.6 is 60.2 Å². The van der Waals surface area contributed by atoms with Gasteiger partial charge in [-0.25, -0.2) is 24.2 Å². The van der Waals surface area contributed by atoms with Gasteiger partial charge in [0.1, 0.15) is 35.0 Å². The maximum absolute atomic E-state index is 12.2. The maximum Gasteiger partial charge on any atom is 0.408 e. The zero-order chi connectivity index (χ0) is 57.0. The molecule has 1 amide bonds. The van der Waals surface area contributed by atoms with E-state index in [-0.39, 0.29) is 48.0 Å². The second-order valence-electron chi connectivity index (χ2n) is 17.2. The first-order chi connectivity index (χ1) is 36.3. The number of halogens is 4. The second kappa shape index (κ2) is 31.2. The van der Waals surface area contributed by atoms with E-state index in [1.165, 1.54) is 6.07 Å². The maximum atomic E-state index is 12.2. The van der Waals surface area contributed by atoms with Gasteiger partial charge >= 0.3 is 30.0 Å². The summed E-state index contributed by atoms with van der Waals surface area (Å²) in [6.45, 7) is 7.36. The van der Waals surface area contributed by atoms with E-state index in [9.17, 15) is 33.9 Å². The summed E-state index contributed by atoms with van der Waals surface area (Å²) < 4.78 is 18.5. The molecule has 0 aliphatic heterocycles. The van der Waals surface area contributed by atoms with Crippen molar-refractivity contribution in [1.82, 2.24) is 30.7 Å². The van der Waals surface area contributed by atoms with Gasteiger partial charge in [0.05, 0.1) is 12.2 Å². The normalized spacial score (nSPS) is 12.1. The Labute approximate surface area is 477 Å². The Kier molecular flexibility index (Phi) is 26.0.